The highest BCUT2D eigenvalue weighted by atomic mass is 16.6. The van der Waals surface area contributed by atoms with Gasteiger partial charge in [0.1, 0.15) is 13.2 Å². The maximum atomic E-state index is 12.9. The number of carbonyl (C=O) groups is 3. The first kappa shape index (κ1) is 67.3. The zero-order valence-corrected chi connectivity index (χ0v) is 46.5. The van der Waals surface area contributed by atoms with E-state index in [4.69, 9.17) is 14.2 Å². The monoisotopic (exact) mass is 987 g/mol. The van der Waals surface area contributed by atoms with Crippen molar-refractivity contribution in [3.8, 4) is 0 Å². The van der Waals surface area contributed by atoms with Crippen LogP contribution in [0.1, 0.15) is 278 Å². The van der Waals surface area contributed by atoms with Crippen LogP contribution in [0.4, 0.5) is 0 Å². The van der Waals surface area contributed by atoms with Crippen molar-refractivity contribution in [1.82, 2.24) is 0 Å². The van der Waals surface area contributed by atoms with Gasteiger partial charge in [-0.15, -0.1) is 0 Å². The average molecular weight is 988 g/mol. The molecule has 0 unspecified atom stereocenters. The van der Waals surface area contributed by atoms with E-state index in [1.165, 1.54) is 141 Å². The summed E-state index contributed by atoms with van der Waals surface area (Å²) in [6.07, 6.45) is 78.3. The Morgan fingerprint density at radius 3 is 0.873 bits per heavy atom. The van der Waals surface area contributed by atoms with Gasteiger partial charge in [0.25, 0.3) is 0 Å². The van der Waals surface area contributed by atoms with Crippen LogP contribution in [-0.2, 0) is 28.6 Å². The molecule has 0 aromatic carbocycles. The van der Waals surface area contributed by atoms with Crippen molar-refractivity contribution < 1.29 is 28.6 Å². The lowest BCUT2D eigenvalue weighted by atomic mass is 10.0. The van der Waals surface area contributed by atoms with Crippen LogP contribution in [0.15, 0.2) is 97.2 Å². The van der Waals surface area contributed by atoms with Crippen LogP contribution in [0.3, 0.4) is 0 Å². The topological polar surface area (TPSA) is 78.9 Å². The molecule has 0 bridgehead atoms. The van der Waals surface area contributed by atoms with Crippen LogP contribution in [0.5, 0.6) is 0 Å². The molecule has 0 rings (SSSR count). The number of carbonyl (C=O) groups excluding carboxylic acids is 3. The zero-order chi connectivity index (χ0) is 51.4. The summed E-state index contributed by atoms with van der Waals surface area (Å²) in [6, 6.07) is 0. The van der Waals surface area contributed by atoms with Crippen molar-refractivity contribution in [2.75, 3.05) is 13.2 Å². The van der Waals surface area contributed by atoms with Crippen molar-refractivity contribution in [2.24, 2.45) is 0 Å². The predicted molar refractivity (Wildman–Crippen MR) is 307 cm³/mol. The lowest BCUT2D eigenvalue weighted by Gasteiger charge is -2.18. The number of esters is 3. The second kappa shape index (κ2) is 58.9. The van der Waals surface area contributed by atoms with Crippen LogP contribution >= 0.6 is 0 Å². The number of hydrogen-bond donors (Lipinski definition) is 0. The molecule has 0 radical (unpaired) electrons. The molecule has 0 spiro atoms. The van der Waals surface area contributed by atoms with E-state index in [2.05, 4.69) is 118 Å². The molecule has 0 aromatic heterocycles. The number of rotatable bonds is 53. The smallest absolute Gasteiger partial charge is 0.306 e. The molecule has 0 fully saturated rings. The van der Waals surface area contributed by atoms with E-state index < -0.39 is 6.10 Å². The fourth-order valence-electron chi connectivity index (χ4n) is 8.07. The summed E-state index contributed by atoms with van der Waals surface area (Å²) in [7, 11) is 0. The Hall–Kier alpha value is -3.67. The highest BCUT2D eigenvalue weighted by Gasteiger charge is 2.19. The van der Waals surface area contributed by atoms with Gasteiger partial charge in [-0.2, -0.15) is 0 Å². The van der Waals surface area contributed by atoms with Gasteiger partial charge in [-0.05, 0) is 103 Å². The normalized spacial score (nSPS) is 12.8. The standard InChI is InChI=1S/C65H110O6/c1-4-7-10-13-16-19-22-25-28-31-32-35-38-41-44-47-50-53-56-59-65(68)71-62(60-69-63(66)57-54-51-48-45-42-39-36-33-29-26-23-20-17-14-11-8-5-2)61-70-64(67)58-55-52-49-46-43-40-37-34-30-27-24-21-18-15-12-9-6-3/h16-17,19-20,25-26,28-29,32,35-36,39,41,44-45,48,62H,4-15,18,21-24,27,30-31,33-34,37-38,40,42-43,46-47,49-61H2,1-3H3/b19-16-,20-17-,28-25-,29-26-,35-32-,39-36-,44-41-,48-45-/t62-/m1/s1. The molecule has 0 aliphatic rings. The number of hydrogen-bond acceptors (Lipinski definition) is 6. The minimum atomic E-state index is -0.817. The average Bonchev–Trinajstić information content (AvgIpc) is 3.37. The first-order valence-corrected chi connectivity index (χ1v) is 29.7. The van der Waals surface area contributed by atoms with Crippen LogP contribution in [0.25, 0.3) is 0 Å². The molecular formula is C65H110O6. The molecule has 71 heavy (non-hydrogen) atoms. The Balaban J connectivity index is 4.52. The highest BCUT2D eigenvalue weighted by Crippen LogP contribution is 2.15. The third-order valence-corrected chi connectivity index (χ3v) is 12.6. The molecule has 0 saturated heterocycles. The summed E-state index contributed by atoms with van der Waals surface area (Å²) in [4.78, 5) is 38.2. The first-order chi connectivity index (χ1) is 35.0. The molecule has 406 valence electrons. The summed E-state index contributed by atoms with van der Waals surface area (Å²) < 4.78 is 16.8. The van der Waals surface area contributed by atoms with E-state index >= 15 is 0 Å². The third kappa shape index (κ3) is 57.1. The number of unbranched alkanes of at least 4 members (excludes halogenated alkanes) is 26. The van der Waals surface area contributed by atoms with Gasteiger partial charge in [-0.25, -0.2) is 0 Å². The van der Waals surface area contributed by atoms with Crippen LogP contribution < -0.4 is 0 Å². The summed E-state index contributed by atoms with van der Waals surface area (Å²) in [5, 5.41) is 0. The van der Waals surface area contributed by atoms with Gasteiger partial charge in [0, 0.05) is 19.3 Å². The van der Waals surface area contributed by atoms with Crippen molar-refractivity contribution in [3.05, 3.63) is 97.2 Å². The minimum Gasteiger partial charge on any atom is -0.462 e. The third-order valence-electron chi connectivity index (χ3n) is 12.6. The highest BCUT2D eigenvalue weighted by molar-refractivity contribution is 5.71. The lowest BCUT2D eigenvalue weighted by molar-refractivity contribution is -0.167. The zero-order valence-electron chi connectivity index (χ0n) is 46.5. The lowest BCUT2D eigenvalue weighted by Crippen LogP contribution is -2.30. The van der Waals surface area contributed by atoms with E-state index in [0.717, 1.165) is 89.9 Å². The van der Waals surface area contributed by atoms with Gasteiger partial charge in [-0.3, -0.25) is 14.4 Å². The van der Waals surface area contributed by atoms with E-state index in [-0.39, 0.29) is 44.0 Å². The quantitative estimate of drug-likeness (QED) is 0.0261. The molecule has 0 N–H and O–H groups in total. The Labute approximate surface area is 438 Å². The van der Waals surface area contributed by atoms with Gasteiger partial charge in [-0.1, -0.05) is 253 Å². The molecule has 0 aliphatic heterocycles. The van der Waals surface area contributed by atoms with Crippen molar-refractivity contribution in [1.29, 1.82) is 0 Å². The largest absolute Gasteiger partial charge is 0.462 e. The van der Waals surface area contributed by atoms with Gasteiger partial charge >= 0.3 is 17.9 Å². The number of ether oxygens (including phenoxy) is 3. The molecule has 1 atom stereocenters. The second-order valence-electron chi connectivity index (χ2n) is 19.6. The summed E-state index contributed by atoms with van der Waals surface area (Å²) >= 11 is 0. The fraction of sp³-hybridized carbons (Fsp3) is 0.708. The summed E-state index contributed by atoms with van der Waals surface area (Å²) in [5.74, 6) is -0.990. The maximum Gasteiger partial charge on any atom is 0.306 e. The van der Waals surface area contributed by atoms with Crippen LogP contribution in [0, 0.1) is 0 Å². The van der Waals surface area contributed by atoms with E-state index in [0.29, 0.717) is 12.8 Å². The number of allylic oxidation sites excluding steroid dienone is 16. The molecule has 0 amide bonds. The fourth-order valence-corrected chi connectivity index (χ4v) is 8.07. The molecule has 0 saturated carbocycles. The van der Waals surface area contributed by atoms with Gasteiger partial charge < -0.3 is 14.2 Å². The second-order valence-corrected chi connectivity index (χ2v) is 19.6. The molecule has 6 heteroatoms. The molecule has 6 nitrogen and oxygen atoms in total. The molecule has 0 aromatic rings. The van der Waals surface area contributed by atoms with Crippen LogP contribution in [0.2, 0.25) is 0 Å². The van der Waals surface area contributed by atoms with E-state index in [1.807, 2.05) is 0 Å². The van der Waals surface area contributed by atoms with E-state index in [1.54, 1.807) is 0 Å². The molecular weight excluding hydrogens is 877 g/mol. The summed E-state index contributed by atoms with van der Waals surface area (Å²) in [6.45, 7) is 6.53. The van der Waals surface area contributed by atoms with E-state index in [9.17, 15) is 14.4 Å². The van der Waals surface area contributed by atoms with Crippen molar-refractivity contribution in [2.45, 2.75) is 284 Å². The Bertz CT molecular complexity index is 1410. The summed E-state index contributed by atoms with van der Waals surface area (Å²) in [5.41, 5.74) is 0. The molecule has 0 heterocycles. The maximum absolute atomic E-state index is 12.9. The van der Waals surface area contributed by atoms with Crippen LogP contribution in [-0.4, -0.2) is 37.2 Å². The molecule has 0 aliphatic carbocycles. The van der Waals surface area contributed by atoms with Gasteiger partial charge in [0.2, 0.25) is 0 Å². The van der Waals surface area contributed by atoms with Crippen molar-refractivity contribution >= 4 is 17.9 Å². The predicted octanol–water partition coefficient (Wildman–Crippen LogP) is 20.1. The van der Waals surface area contributed by atoms with Gasteiger partial charge in [0.05, 0.1) is 0 Å². The first-order valence-electron chi connectivity index (χ1n) is 29.7. The van der Waals surface area contributed by atoms with Gasteiger partial charge in [0.15, 0.2) is 6.10 Å². The Kier molecular flexibility index (Phi) is 55.9. The van der Waals surface area contributed by atoms with Crippen molar-refractivity contribution in [3.63, 3.8) is 0 Å². The SMILES string of the molecule is CCCCC/C=C\C/C=C\C/C=C\C/C=C\CCCCCC(=O)O[C@H](COC(=O)CCC/C=C\C/C=C\C/C=C\C/C=C\CCCCC)COC(=O)CCCCCCCCCCCCCCCCCCC. The minimum absolute atomic E-state index is 0.106. The Morgan fingerprint density at radius 1 is 0.282 bits per heavy atom. The Morgan fingerprint density at radius 2 is 0.521 bits per heavy atom.